The van der Waals surface area contributed by atoms with Gasteiger partial charge in [-0.15, -0.1) is 12.6 Å². The number of benzene rings is 1. The van der Waals surface area contributed by atoms with Crippen molar-refractivity contribution in [3.05, 3.63) is 37.9 Å². The summed E-state index contributed by atoms with van der Waals surface area (Å²) in [6.45, 7) is 14.3. The minimum atomic E-state index is -0.360. The van der Waals surface area contributed by atoms with Crippen LogP contribution in [0.1, 0.15) is 47.0 Å². The molecule has 6 heteroatoms. The first-order valence-corrected chi connectivity index (χ1v) is 8.30. The van der Waals surface area contributed by atoms with Crippen LogP contribution in [0.15, 0.2) is 24.4 Å². The van der Waals surface area contributed by atoms with Crippen LogP contribution in [0, 0.1) is 44.6 Å². The maximum absolute atomic E-state index is 6.19. The normalized spacial score (nSPS) is 18.6. The molecule has 0 aliphatic carbocycles. The number of unbranched alkanes of at least 4 members (excludes halogenated alkanes) is 2. The summed E-state index contributed by atoms with van der Waals surface area (Å²) in [5.41, 5.74) is 1.45. The predicted molar refractivity (Wildman–Crippen MR) is 94.4 cm³/mol. The van der Waals surface area contributed by atoms with Gasteiger partial charge >= 0.3 is 38.2 Å². The van der Waals surface area contributed by atoms with Gasteiger partial charge in [-0.25, -0.2) is 5.10 Å². The van der Waals surface area contributed by atoms with Crippen LogP contribution in [0.4, 0.5) is 0 Å². The molecule has 126 valence electrons. The van der Waals surface area contributed by atoms with Crippen molar-refractivity contribution in [2.75, 3.05) is 0 Å². The fourth-order valence-electron chi connectivity index (χ4n) is 2.77. The zero-order valence-corrected chi connectivity index (χ0v) is 19.2. The molecule has 0 radical (unpaired) electrons. The van der Waals surface area contributed by atoms with E-state index >= 15 is 0 Å². The minimum Gasteiger partial charge on any atom is -0.399 e. The van der Waals surface area contributed by atoms with E-state index in [1.54, 1.807) is 0 Å². The second-order valence-electron chi connectivity index (χ2n) is 7.14. The van der Waals surface area contributed by atoms with E-state index in [-0.39, 0.29) is 49.4 Å². The Bertz CT molecular complexity index is 683. The van der Waals surface area contributed by atoms with Gasteiger partial charge in [0.15, 0.2) is 0 Å². The van der Waals surface area contributed by atoms with Crippen molar-refractivity contribution in [2.24, 2.45) is 0 Å². The molecule has 24 heavy (non-hydrogen) atoms. The Kier molecular flexibility index (Phi) is 6.19. The van der Waals surface area contributed by atoms with E-state index < -0.39 is 0 Å². The van der Waals surface area contributed by atoms with Crippen LogP contribution in [-0.2, 0) is 9.31 Å². The van der Waals surface area contributed by atoms with Gasteiger partial charge in [-0.05, 0) is 33.2 Å². The molecule has 2 heterocycles. The minimum absolute atomic E-state index is 0. The van der Waals surface area contributed by atoms with Crippen LogP contribution < -0.4 is 5.46 Å². The van der Waals surface area contributed by atoms with Crippen LogP contribution in [0.5, 0.6) is 0 Å². The quantitative estimate of drug-likeness (QED) is 0.326. The molecule has 0 bridgehead atoms. The first kappa shape index (κ1) is 19.9. The van der Waals surface area contributed by atoms with E-state index in [2.05, 4.69) is 58.4 Å². The number of fused-ring (bicyclic) bond motifs is 1. The van der Waals surface area contributed by atoms with Crippen LogP contribution in [0.2, 0.25) is 0 Å². The Labute approximate surface area is 169 Å². The molecular weight excluding hydrogens is 525 g/mol. The van der Waals surface area contributed by atoms with Crippen LogP contribution in [0.3, 0.4) is 0 Å². The summed E-state index contributed by atoms with van der Waals surface area (Å²) in [7, 11) is -0.360. The van der Waals surface area contributed by atoms with Crippen molar-refractivity contribution in [1.82, 2.24) is 9.78 Å². The van der Waals surface area contributed by atoms with E-state index in [0.717, 1.165) is 35.6 Å². The largest absolute Gasteiger partial charge is 2.00 e. The predicted octanol–water partition coefficient (Wildman–Crippen LogP) is 3.35. The van der Waals surface area contributed by atoms with E-state index in [0.29, 0.717) is 0 Å². The monoisotopic (exact) mass is 550 g/mol. The molecule has 0 atom stereocenters. The smallest absolute Gasteiger partial charge is 0.399 e. The third-order valence-corrected chi connectivity index (χ3v) is 4.94. The van der Waals surface area contributed by atoms with Gasteiger partial charge in [0.25, 0.3) is 0 Å². The number of aromatic nitrogens is 2. The molecule has 1 aromatic carbocycles. The second kappa shape index (κ2) is 7.46. The SMILES string of the molecule is [CH2-]CCC[CH-]n1ncc2c(B3OC(C)(C)C(C)(C)O3)cccc21.[U+2]. The number of hydrogen-bond donors (Lipinski definition) is 0. The molecule has 2 aromatic rings. The fourth-order valence-corrected chi connectivity index (χ4v) is 2.77. The van der Waals surface area contributed by atoms with Gasteiger partial charge in [-0.3, -0.25) is 0 Å². The van der Waals surface area contributed by atoms with E-state index in [1.165, 1.54) is 0 Å². The molecule has 1 fully saturated rings. The van der Waals surface area contributed by atoms with E-state index in [4.69, 9.17) is 9.31 Å². The van der Waals surface area contributed by atoms with Crippen molar-refractivity contribution in [1.29, 1.82) is 0 Å². The van der Waals surface area contributed by atoms with Gasteiger partial charge in [-0.1, -0.05) is 35.9 Å². The second-order valence-corrected chi connectivity index (χ2v) is 7.14. The molecule has 1 aliphatic heterocycles. The topological polar surface area (TPSA) is 36.3 Å². The summed E-state index contributed by atoms with van der Waals surface area (Å²) in [6, 6.07) is 6.18. The summed E-state index contributed by atoms with van der Waals surface area (Å²) >= 11 is 0. The Morgan fingerprint density at radius 3 is 2.50 bits per heavy atom. The molecule has 1 saturated heterocycles. The Hall–Kier alpha value is -0.403. The fraction of sp³-hybridized carbons (Fsp3) is 0.500. The van der Waals surface area contributed by atoms with Crippen LogP contribution in [0.25, 0.3) is 10.9 Å². The molecule has 1 aliphatic rings. The zero-order valence-electron chi connectivity index (χ0n) is 15.0. The van der Waals surface area contributed by atoms with Gasteiger partial charge in [0.05, 0.1) is 11.2 Å². The number of rotatable bonds is 5. The molecule has 4 nitrogen and oxygen atoms in total. The number of nitrogens with zero attached hydrogens (tertiary/aromatic N) is 2. The first-order chi connectivity index (χ1) is 10.9. The van der Waals surface area contributed by atoms with Crippen molar-refractivity contribution >= 4 is 23.5 Å². The van der Waals surface area contributed by atoms with Crippen LogP contribution in [-0.4, -0.2) is 28.1 Å². The molecule has 1 aromatic heterocycles. The standard InChI is InChI=1S/C18H25BN2O2.U/c1-6-7-8-12-21-16-11-9-10-15(14(16)13-20-21)19-22-17(2,3)18(4,5)23-19;/h9-13H,1,6-8H2,2-5H3;/q-2;+2. The van der Waals surface area contributed by atoms with Gasteiger partial charge < -0.3 is 20.9 Å². The molecule has 0 spiro atoms. The average molecular weight is 550 g/mol. The molecule has 0 N–H and O–H groups in total. The summed E-state index contributed by atoms with van der Waals surface area (Å²) in [5.74, 6) is 0. The maximum Gasteiger partial charge on any atom is 2.00 e. The molecule has 0 amide bonds. The molecule has 0 unspecified atom stereocenters. The molecule has 0 saturated carbocycles. The summed E-state index contributed by atoms with van der Waals surface area (Å²) in [6.07, 6.45) is 4.88. The summed E-state index contributed by atoms with van der Waals surface area (Å²) in [4.78, 5) is 0. The third kappa shape index (κ3) is 3.58. The molecule has 3 rings (SSSR count). The van der Waals surface area contributed by atoms with E-state index in [9.17, 15) is 0 Å². The van der Waals surface area contributed by atoms with Crippen molar-refractivity contribution in [2.45, 2.75) is 58.2 Å². The van der Waals surface area contributed by atoms with Crippen molar-refractivity contribution in [3.8, 4) is 0 Å². The number of hydrogen-bond acceptors (Lipinski definition) is 3. The van der Waals surface area contributed by atoms with Gasteiger partial charge in [0.1, 0.15) is 0 Å². The molecular formula is C18H25BN2O2U. The van der Waals surface area contributed by atoms with Crippen LogP contribution >= 0.6 is 0 Å². The van der Waals surface area contributed by atoms with Crippen molar-refractivity contribution in [3.63, 3.8) is 0 Å². The average Bonchev–Trinajstić information content (AvgIpc) is 2.98. The van der Waals surface area contributed by atoms with Gasteiger partial charge in [-0.2, -0.15) is 6.42 Å². The Morgan fingerprint density at radius 1 is 1.21 bits per heavy atom. The Morgan fingerprint density at radius 2 is 1.88 bits per heavy atom. The van der Waals surface area contributed by atoms with Gasteiger partial charge in [0, 0.05) is 6.20 Å². The Balaban J connectivity index is 0.00000208. The third-order valence-electron chi connectivity index (χ3n) is 4.94. The van der Waals surface area contributed by atoms with Gasteiger partial charge in [0.2, 0.25) is 0 Å². The maximum atomic E-state index is 6.19. The summed E-state index contributed by atoms with van der Waals surface area (Å²) in [5, 5.41) is 5.58. The van der Waals surface area contributed by atoms with E-state index in [1.807, 2.05) is 16.9 Å². The van der Waals surface area contributed by atoms with Crippen molar-refractivity contribution < 1.29 is 40.4 Å². The zero-order chi connectivity index (χ0) is 16.7. The first-order valence-electron chi connectivity index (χ1n) is 8.30. The summed E-state index contributed by atoms with van der Waals surface area (Å²) < 4.78 is 14.3.